The number of hydrogen-bond donors (Lipinski definition) is 1. The van der Waals surface area contributed by atoms with Crippen LogP contribution in [0.1, 0.15) is 29.6 Å². The van der Waals surface area contributed by atoms with Crippen molar-refractivity contribution in [1.29, 1.82) is 0 Å². The number of morpholine rings is 1. The van der Waals surface area contributed by atoms with Crippen LogP contribution in [-0.4, -0.2) is 62.9 Å². The highest BCUT2D eigenvalue weighted by Crippen LogP contribution is 2.30. The predicted molar refractivity (Wildman–Crippen MR) is 123 cm³/mol. The van der Waals surface area contributed by atoms with Crippen LogP contribution in [0.5, 0.6) is 0 Å². The molecule has 176 valence electrons. The van der Waals surface area contributed by atoms with E-state index in [-0.39, 0.29) is 16.1 Å². The van der Waals surface area contributed by atoms with Gasteiger partial charge in [-0.25, -0.2) is 8.42 Å². The van der Waals surface area contributed by atoms with Gasteiger partial charge >= 0.3 is 0 Å². The van der Waals surface area contributed by atoms with Crippen LogP contribution < -0.4 is 10.2 Å². The van der Waals surface area contributed by atoms with E-state index in [9.17, 15) is 23.3 Å². The molecule has 2 fully saturated rings. The van der Waals surface area contributed by atoms with Crippen LogP contribution in [-0.2, 0) is 14.8 Å². The molecule has 1 amide bonds. The fourth-order valence-electron chi connectivity index (χ4n) is 4.07. The lowest BCUT2D eigenvalue weighted by molar-refractivity contribution is -0.384. The Labute approximate surface area is 192 Å². The zero-order valence-electron chi connectivity index (χ0n) is 18.1. The summed E-state index contributed by atoms with van der Waals surface area (Å²) in [5.41, 5.74) is 0.696. The van der Waals surface area contributed by atoms with Crippen molar-refractivity contribution in [3.05, 3.63) is 58.1 Å². The normalized spacial score (nSPS) is 17.5. The second-order valence-electron chi connectivity index (χ2n) is 8.01. The average molecular weight is 475 g/mol. The van der Waals surface area contributed by atoms with Gasteiger partial charge in [0.2, 0.25) is 10.0 Å². The number of sulfonamides is 1. The molecule has 0 spiro atoms. The van der Waals surface area contributed by atoms with Gasteiger partial charge in [0.25, 0.3) is 11.6 Å². The molecule has 0 bridgehead atoms. The summed E-state index contributed by atoms with van der Waals surface area (Å²) in [6.07, 6.45) is 2.67. The summed E-state index contributed by atoms with van der Waals surface area (Å²) in [5.74, 6) is -0.556. The molecule has 1 N–H and O–H groups in total. The number of piperidine rings is 1. The van der Waals surface area contributed by atoms with Crippen molar-refractivity contribution in [2.75, 3.05) is 49.6 Å². The van der Waals surface area contributed by atoms with Gasteiger partial charge in [-0.15, -0.1) is 0 Å². The number of carbonyl (C=O) groups is 1. The van der Waals surface area contributed by atoms with Crippen LogP contribution >= 0.6 is 0 Å². The van der Waals surface area contributed by atoms with E-state index >= 15 is 0 Å². The minimum Gasteiger partial charge on any atom is -0.378 e. The summed E-state index contributed by atoms with van der Waals surface area (Å²) in [6.45, 7) is 3.00. The van der Waals surface area contributed by atoms with Crippen LogP contribution in [0.4, 0.5) is 17.1 Å². The van der Waals surface area contributed by atoms with Gasteiger partial charge in [-0.05, 0) is 43.2 Å². The molecule has 0 radical (unpaired) electrons. The van der Waals surface area contributed by atoms with Gasteiger partial charge in [-0.1, -0.05) is 12.5 Å². The molecule has 2 aliphatic heterocycles. The number of nitro benzene ring substituents is 1. The van der Waals surface area contributed by atoms with Crippen molar-refractivity contribution in [3.63, 3.8) is 0 Å². The van der Waals surface area contributed by atoms with E-state index in [4.69, 9.17) is 4.74 Å². The lowest BCUT2D eigenvalue weighted by Crippen LogP contribution is -2.36. The Bertz CT molecular complexity index is 1140. The summed E-state index contributed by atoms with van der Waals surface area (Å²) in [6, 6.07) is 10.4. The Balaban J connectivity index is 1.54. The standard InChI is InChI=1S/C22H26N4O6S/c27-22(17-7-8-20(21(15-17)26(28)29)24-11-13-32-14-12-24)23-18-5-4-6-19(16-18)33(30,31)25-9-2-1-3-10-25/h4-8,15-16H,1-3,9-14H2,(H,23,27). The van der Waals surface area contributed by atoms with E-state index in [2.05, 4.69) is 5.32 Å². The largest absolute Gasteiger partial charge is 0.378 e. The highest BCUT2D eigenvalue weighted by Gasteiger charge is 2.27. The number of nitrogens with zero attached hydrogens (tertiary/aromatic N) is 3. The number of ether oxygens (including phenoxy) is 1. The second kappa shape index (κ2) is 9.86. The molecule has 10 nitrogen and oxygen atoms in total. The lowest BCUT2D eigenvalue weighted by Gasteiger charge is -2.28. The molecule has 0 atom stereocenters. The highest BCUT2D eigenvalue weighted by molar-refractivity contribution is 7.89. The molecule has 2 aromatic rings. The van der Waals surface area contributed by atoms with E-state index < -0.39 is 20.9 Å². The van der Waals surface area contributed by atoms with Gasteiger partial charge < -0.3 is 15.0 Å². The molecule has 11 heteroatoms. The summed E-state index contributed by atoms with van der Waals surface area (Å²) >= 11 is 0. The van der Waals surface area contributed by atoms with Crippen molar-refractivity contribution in [2.45, 2.75) is 24.2 Å². The van der Waals surface area contributed by atoms with Crippen LogP contribution in [0.25, 0.3) is 0 Å². The van der Waals surface area contributed by atoms with Crippen LogP contribution in [0.15, 0.2) is 47.4 Å². The van der Waals surface area contributed by atoms with Gasteiger partial charge in [0.1, 0.15) is 5.69 Å². The van der Waals surface area contributed by atoms with Gasteiger partial charge in [0.15, 0.2) is 0 Å². The maximum atomic E-state index is 12.9. The van der Waals surface area contributed by atoms with Crippen LogP contribution in [0, 0.1) is 10.1 Å². The maximum Gasteiger partial charge on any atom is 0.293 e. The molecule has 4 rings (SSSR count). The molecule has 2 aliphatic rings. The molecular formula is C22H26N4O6S. The van der Waals surface area contributed by atoms with Gasteiger partial charge in [-0.2, -0.15) is 4.31 Å². The number of anilines is 2. The zero-order valence-corrected chi connectivity index (χ0v) is 18.9. The molecule has 2 saturated heterocycles. The van der Waals surface area contributed by atoms with Crippen molar-refractivity contribution in [3.8, 4) is 0 Å². The second-order valence-corrected chi connectivity index (χ2v) is 9.94. The van der Waals surface area contributed by atoms with E-state index in [1.54, 1.807) is 18.2 Å². The zero-order chi connectivity index (χ0) is 23.4. The smallest absolute Gasteiger partial charge is 0.293 e. The molecule has 0 unspecified atom stereocenters. The lowest BCUT2D eigenvalue weighted by atomic mass is 10.1. The first-order valence-electron chi connectivity index (χ1n) is 10.9. The number of carbonyl (C=O) groups excluding carboxylic acids is 1. The molecule has 2 aromatic carbocycles. The highest BCUT2D eigenvalue weighted by atomic mass is 32.2. The van der Waals surface area contributed by atoms with Gasteiger partial charge in [0.05, 0.1) is 23.0 Å². The third kappa shape index (κ3) is 5.15. The first-order chi connectivity index (χ1) is 15.9. The summed E-state index contributed by atoms with van der Waals surface area (Å²) in [7, 11) is -3.64. The number of nitro groups is 1. The minimum atomic E-state index is -3.64. The van der Waals surface area contributed by atoms with E-state index in [0.717, 1.165) is 19.3 Å². The summed E-state index contributed by atoms with van der Waals surface area (Å²) < 4.78 is 32.6. The van der Waals surface area contributed by atoms with E-state index in [0.29, 0.717) is 50.8 Å². The van der Waals surface area contributed by atoms with Gasteiger partial charge in [0, 0.05) is 43.5 Å². The van der Waals surface area contributed by atoms with Crippen LogP contribution in [0.2, 0.25) is 0 Å². The van der Waals surface area contributed by atoms with E-state index in [1.807, 2.05) is 4.90 Å². The molecule has 0 saturated carbocycles. The minimum absolute atomic E-state index is 0.107. The Morgan fingerprint density at radius 2 is 1.73 bits per heavy atom. The number of amides is 1. The van der Waals surface area contributed by atoms with Crippen molar-refractivity contribution in [2.24, 2.45) is 0 Å². The van der Waals surface area contributed by atoms with Crippen molar-refractivity contribution < 1.29 is 22.9 Å². The third-order valence-corrected chi connectivity index (χ3v) is 7.73. The number of benzene rings is 2. The quantitative estimate of drug-likeness (QED) is 0.505. The average Bonchev–Trinajstić information content (AvgIpc) is 2.85. The predicted octanol–water partition coefficient (Wildman–Crippen LogP) is 2.86. The molecular weight excluding hydrogens is 448 g/mol. The molecule has 33 heavy (non-hydrogen) atoms. The number of nitrogens with one attached hydrogen (secondary N) is 1. The summed E-state index contributed by atoms with van der Waals surface area (Å²) in [5, 5.41) is 14.3. The van der Waals surface area contributed by atoms with Gasteiger partial charge in [-0.3, -0.25) is 14.9 Å². The Morgan fingerprint density at radius 3 is 2.42 bits per heavy atom. The van der Waals surface area contributed by atoms with Crippen molar-refractivity contribution in [1.82, 2.24) is 4.31 Å². The molecule has 0 aliphatic carbocycles. The summed E-state index contributed by atoms with van der Waals surface area (Å²) in [4.78, 5) is 25.9. The fourth-order valence-corrected chi connectivity index (χ4v) is 5.64. The van der Waals surface area contributed by atoms with Crippen molar-refractivity contribution >= 4 is 33.0 Å². The topological polar surface area (TPSA) is 122 Å². The van der Waals surface area contributed by atoms with E-state index in [1.165, 1.54) is 28.6 Å². The Hall–Kier alpha value is -3.02. The Kier molecular flexibility index (Phi) is 6.91. The SMILES string of the molecule is O=C(Nc1cccc(S(=O)(=O)N2CCCCC2)c1)c1ccc(N2CCOCC2)c([N+](=O)[O-])c1. The number of hydrogen-bond acceptors (Lipinski definition) is 7. The molecule has 0 aromatic heterocycles. The fraction of sp³-hybridized carbons (Fsp3) is 0.409. The first kappa shape index (κ1) is 23.1. The van der Waals surface area contributed by atoms with Crippen LogP contribution in [0.3, 0.4) is 0 Å². The first-order valence-corrected chi connectivity index (χ1v) is 12.3. The maximum absolute atomic E-state index is 12.9. The Morgan fingerprint density at radius 1 is 1.00 bits per heavy atom. The molecule has 2 heterocycles. The monoisotopic (exact) mass is 474 g/mol. The number of rotatable bonds is 6. The third-order valence-electron chi connectivity index (χ3n) is 5.83.